The Bertz CT molecular complexity index is 992. The van der Waals surface area contributed by atoms with Crippen LogP contribution in [0.2, 0.25) is 0 Å². The summed E-state index contributed by atoms with van der Waals surface area (Å²) >= 11 is 0. The van der Waals surface area contributed by atoms with E-state index in [-0.39, 0.29) is 0 Å². The third-order valence-corrected chi connectivity index (χ3v) is 4.88. The molecule has 0 amide bonds. The molecule has 1 aliphatic carbocycles. The Kier molecular flexibility index (Phi) is 2.29. The van der Waals surface area contributed by atoms with E-state index in [2.05, 4.69) is 66.6 Å². The van der Waals surface area contributed by atoms with Gasteiger partial charge >= 0.3 is 0 Å². The SMILES string of the molecule is CN1C2=C3N=c4ccccc4=C3CCC2=Cc2ccccc21. The first kappa shape index (κ1) is 12.0. The number of benzene rings is 2. The lowest BCUT2D eigenvalue weighted by molar-refractivity contribution is 0.907. The van der Waals surface area contributed by atoms with Crippen LogP contribution in [0, 0.1) is 0 Å². The highest BCUT2D eigenvalue weighted by Gasteiger charge is 2.30. The van der Waals surface area contributed by atoms with Gasteiger partial charge in [-0.1, -0.05) is 36.4 Å². The molecule has 2 heterocycles. The average Bonchev–Trinajstić information content (AvgIpc) is 2.93. The van der Waals surface area contributed by atoms with Crippen molar-refractivity contribution in [1.82, 2.24) is 0 Å². The van der Waals surface area contributed by atoms with Crippen LogP contribution < -0.4 is 15.5 Å². The molecule has 0 spiro atoms. The maximum absolute atomic E-state index is 4.94. The fraction of sp³-hybridized carbons (Fsp3) is 0.150. The predicted molar refractivity (Wildman–Crippen MR) is 89.7 cm³/mol. The minimum atomic E-state index is 1.08. The molecule has 22 heavy (non-hydrogen) atoms. The summed E-state index contributed by atoms with van der Waals surface area (Å²) in [7, 11) is 2.16. The third-order valence-electron chi connectivity index (χ3n) is 4.88. The number of para-hydroxylation sites is 2. The molecular weight excluding hydrogens is 268 g/mol. The molecule has 0 fully saturated rings. The molecule has 2 nitrogen and oxygen atoms in total. The summed E-state index contributed by atoms with van der Waals surface area (Å²) in [6.07, 6.45) is 4.52. The zero-order chi connectivity index (χ0) is 14.7. The summed E-state index contributed by atoms with van der Waals surface area (Å²) in [5, 5.41) is 2.44. The van der Waals surface area contributed by atoms with Crippen LogP contribution in [0.3, 0.4) is 0 Å². The van der Waals surface area contributed by atoms with Gasteiger partial charge in [0.25, 0.3) is 0 Å². The summed E-state index contributed by atoms with van der Waals surface area (Å²) in [6, 6.07) is 17.1. The Balaban J connectivity index is 1.84. The number of hydrogen-bond donors (Lipinski definition) is 0. The van der Waals surface area contributed by atoms with Crippen molar-refractivity contribution in [2.75, 3.05) is 11.9 Å². The van der Waals surface area contributed by atoms with E-state index in [0.717, 1.165) is 18.2 Å². The van der Waals surface area contributed by atoms with Crippen molar-refractivity contribution in [1.29, 1.82) is 0 Å². The lowest BCUT2D eigenvalue weighted by Crippen LogP contribution is -2.26. The van der Waals surface area contributed by atoms with Gasteiger partial charge in [0.05, 0.1) is 16.8 Å². The number of fused-ring (bicyclic) bond motifs is 4. The van der Waals surface area contributed by atoms with Crippen LogP contribution in [0.25, 0.3) is 11.6 Å². The normalized spacial score (nSPS) is 18.1. The number of hydrogen-bond acceptors (Lipinski definition) is 2. The molecule has 2 aromatic carbocycles. The zero-order valence-corrected chi connectivity index (χ0v) is 12.5. The molecule has 0 atom stereocenters. The van der Waals surface area contributed by atoms with Gasteiger partial charge in [0.1, 0.15) is 0 Å². The van der Waals surface area contributed by atoms with Gasteiger partial charge in [0.15, 0.2) is 0 Å². The summed E-state index contributed by atoms with van der Waals surface area (Å²) in [5.74, 6) is 0. The fourth-order valence-corrected chi connectivity index (χ4v) is 3.86. The van der Waals surface area contributed by atoms with Crippen molar-refractivity contribution >= 4 is 17.3 Å². The highest BCUT2D eigenvalue weighted by molar-refractivity contribution is 5.85. The van der Waals surface area contributed by atoms with Crippen LogP contribution in [0.4, 0.5) is 5.69 Å². The average molecular weight is 284 g/mol. The highest BCUT2D eigenvalue weighted by atomic mass is 15.1. The summed E-state index contributed by atoms with van der Waals surface area (Å²) in [4.78, 5) is 7.26. The van der Waals surface area contributed by atoms with E-state index in [4.69, 9.17) is 4.99 Å². The summed E-state index contributed by atoms with van der Waals surface area (Å²) in [5.41, 5.74) is 7.86. The van der Waals surface area contributed by atoms with E-state index in [1.807, 2.05) is 0 Å². The van der Waals surface area contributed by atoms with Gasteiger partial charge in [0, 0.05) is 18.0 Å². The topological polar surface area (TPSA) is 15.6 Å². The van der Waals surface area contributed by atoms with Crippen LogP contribution >= 0.6 is 0 Å². The van der Waals surface area contributed by atoms with E-state index < -0.39 is 0 Å². The predicted octanol–water partition coefficient (Wildman–Crippen LogP) is 3.01. The number of anilines is 1. The first-order valence-corrected chi connectivity index (χ1v) is 7.78. The Morgan fingerprint density at radius 3 is 2.73 bits per heavy atom. The quantitative estimate of drug-likeness (QED) is 0.726. The van der Waals surface area contributed by atoms with E-state index in [1.54, 1.807) is 0 Å². The van der Waals surface area contributed by atoms with Crippen molar-refractivity contribution in [2.45, 2.75) is 12.8 Å². The minimum absolute atomic E-state index is 1.08. The molecule has 0 bridgehead atoms. The Morgan fingerprint density at radius 1 is 0.955 bits per heavy atom. The monoisotopic (exact) mass is 284 g/mol. The van der Waals surface area contributed by atoms with Crippen molar-refractivity contribution in [3.63, 3.8) is 0 Å². The van der Waals surface area contributed by atoms with Gasteiger partial charge in [-0.15, -0.1) is 0 Å². The lowest BCUT2D eigenvalue weighted by Gasteiger charge is -2.34. The van der Waals surface area contributed by atoms with Crippen LogP contribution in [-0.2, 0) is 0 Å². The molecule has 106 valence electrons. The lowest BCUT2D eigenvalue weighted by atomic mass is 9.87. The molecule has 0 unspecified atom stereocenters. The molecule has 0 saturated heterocycles. The van der Waals surface area contributed by atoms with Crippen molar-refractivity contribution in [3.05, 3.63) is 81.6 Å². The molecule has 3 aliphatic rings. The highest BCUT2D eigenvalue weighted by Crippen LogP contribution is 2.43. The maximum atomic E-state index is 4.94. The Hall–Kier alpha value is -2.61. The Labute approximate surface area is 129 Å². The Morgan fingerprint density at radius 2 is 1.77 bits per heavy atom. The van der Waals surface area contributed by atoms with Gasteiger partial charge in [-0.3, -0.25) is 0 Å². The summed E-state index contributed by atoms with van der Waals surface area (Å²) in [6.45, 7) is 0. The molecule has 0 radical (unpaired) electrons. The molecule has 0 saturated carbocycles. The standard InChI is InChI=1S/C20H16N2/c1-22-18-9-5-2-6-13(18)12-14-10-11-16-15-7-3-4-8-17(15)21-19(16)20(14)22/h2-9,12H,10-11H2,1H3. The van der Waals surface area contributed by atoms with E-state index in [1.165, 1.54) is 39.0 Å². The molecule has 2 aliphatic heterocycles. The molecule has 0 aromatic heterocycles. The number of likely N-dealkylation sites (N-methyl/N-ethyl adjacent to an activating group) is 1. The van der Waals surface area contributed by atoms with Gasteiger partial charge in [-0.05, 0) is 47.8 Å². The van der Waals surface area contributed by atoms with Crippen molar-refractivity contribution in [3.8, 4) is 0 Å². The third kappa shape index (κ3) is 1.47. The number of allylic oxidation sites excluding steroid dienone is 2. The van der Waals surface area contributed by atoms with Crippen LogP contribution in [-0.4, -0.2) is 7.05 Å². The van der Waals surface area contributed by atoms with Crippen LogP contribution in [0.15, 0.2) is 70.5 Å². The largest absolute Gasteiger partial charge is 0.342 e. The first-order chi connectivity index (χ1) is 10.8. The molecular formula is C20H16N2. The maximum Gasteiger partial charge on any atom is 0.0915 e. The molecule has 2 heteroatoms. The van der Waals surface area contributed by atoms with Gasteiger partial charge in [-0.2, -0.15) is 0 Å². The first-order valence-electron chi connectivity index (χ1n) is 7.78. The molecule has 0 N–H and O–H groups in total. The van der Waals surface area contributed by atoms with Crippen LogP contribution in [0.1, 0.15) is 18.4 Å². The van der Waals surface area contributed by atoms with E-state index in [0.29, 0.717) is 0 Å². The van der Waals surface area contributed by atoms with Gasteiger partial charge < -0.3 is 4.90 Å². The minimum Gasteiger partial charge on any atom is -0.342 e. The number of nitrogens with zero attached hydrogens (tertiary/aromatic N) is 2. The fourth-order valence-electron chi connectivity index (χ4n) is 3.86. The summed E-state index contributed by atoms with van der Waals surface area (Å²) < 4.78 is 0. The van der Waals surface area contributed by atoms with E-state index >= 15 is 0 Å². The second-order valence-electron chi connectivity index (χ2n) is 6.09. The van der Waals surface area contributed by atoms with Crippen LogP contribution in [0.5, 0.6) is 0 Å². The van der Waals surface area contributed by atoms with Crippen molar-refractivity contribution < 1.29 is 0 Å². The zero-order valence-electron chi connectivity index (χ0n) is 12.5. The second-order valence-corrected chi connectivity index (χ2v) is 6.09. The van der Waals surface area contributed by atoms with Crippen molar-refractivity contribution in [2.24, 2.45) is 4.99 Å². The van der Waals surface area contributed by atoms with E-state index in [9.17, 15) is 0 Å². The molecule has 5 rings (SSSR count). The molecule has 2 aromatic rings. The number of rotatable bonds is 0. The van der Waals surface area contributed by atoms with Gasteiger partial charge in [-0.25, -0.2) is 4.99 Å². The smallest absolute Gasteiger partial charge is 0.0915 e. The van der Waals surface area contributed by atoms with Gasteiger partial charge in [0.2, 0.25) is 0 Å². The second kappa shape index (κ2) is 4.20.